The van der Waals surface area contributed by atoms with Crippen molar-refractivity contribution in [2.75, 3.05) is 13.2 Å². The van der Waals surface area contributed by atoms with E-state index in [9.17, 15) is 9.59 Å². The number of carbonyl (C=O) groups is 2. The number of rotatable bonds is 5. The van der Waals surface area contributed by atoms with Crippen LogP contribution in [-0.4, -0.2) is 31.1 Å². The molecule has 5 nitrogen and oxygen atoms in total. The lowest BCUT2D eigenvalue weighted by Gasteiger charge is -2.18. The van der Waals surface area contributed by atoms with Gasteiger partial charge in [-0.15, -0.1) is 0 Å². The smallest absolute Gasteiger partial charge is 0.240 e. The molecule has 2 atom stereocenters. The number of benzene rings is 1. The summed E-state index contributed by atoms with van der Waals surface area (Å²) < 4.78 is 6.23. The van der Waals surface area contributed by atoms with Gasteiger partial charge in [0, 0.05) is 16.6 Å². The molecule has 6 heteroatoms. The zero-order valence-electron chi connectivity index (χ0n) is 11.0. The van der Waals surface area contributed by atoms with Gasteiger partial charge >= 0.3 is 0 Å². The molecule has 108 valence electrons. The molecule has 0 aromatic heterocycles. The fourth-order valence-electron chi connectivity index (χ4n) is 2.14. The number of halogens is 1. The highest BCUT2D eigenvalue weighted by Gasteiger charge is 2.27. The molecule has 0 spiro atoms. The normalized spacial score (nSPS) is 19.6. The van der Waals surface area contributed by atoms with Gasteiger partial charge in [0.15, 0.2) is 0 Å². The quantitative estimate of drug-likeness (QED) is 0.734. The molecule has 1 saturated heterocycles. The van der Waals surface area contributed by atoms with E-state index in [1.54, 1.807) is 0 Å². The first-order chi connectivity index (χ1) is 9.58. The van der Waals surface area contributed by atoms with E-state index in [0.29, 0.717) is 26.1 Å². The Balaban J connectivity index is 2.02. The van der Waals surface area contributed by atoms with Gasteiger partial charge in [-0.2, -0.15) is 0 Å². The van der Waals surface area contributed by atoms with Gasteiger partial charge in [0.05, 0.1) is 12.5 Å². The third-order valence-electron chi connectivity index (χ3n) is 3.34. The zero-order chi connectivity index (χ0) is 14.5. The number of primary amides is 1. The van der Waals surface area contributed by atoms with Crippen LogP contribution in [0.4, 0.5) is 0 Å². The molecule has 3 N–H and O–H groups in total. The van der Waals surface area contributed by atoms with Crippen LogP contribution >= 0.6 is 22.6 Å². The molecule has 1 heterocycles. The highest BCUT2D eigenvalue weighted by atomic mass is 127. The van der Waals surface area contributed by atoms with Crippen molar-refractivity contribution in [1.82, 2.24) is 5.32 Å². The minimum Gasteiger partial charge on any atom is -0.381 e. The predicted octanol–water partition coefficient (Wildman–Crippen LogP) is 0.840. The van der Waals surface area contributed by atoms with Crippen LogP contribution in [-0.2, 0) is 20.7 Å². The molecule has 1 aromatic rings. The fourth-order valence-corrected chi connectivity index (χ4v) is 2.75. The van der Waals surface area contributed by atoms with Crippen molar-refractivity contribution >= 4 is 34.4 Å². The largest absolute Gasteiger partial charge is 0.381 e. The Kier molecular flexibility index (Phi) is 5.36. The Morgan fingerprint density at radius 1 is 1.45 bits per heavy atom. The molecule has 0 aliphatic carbocycles. The van der Waals surface area contributed by atoms with Crippen LogP contribution < -0.4 is 11.1 Å². The Labute approximate surface area is 131 Å². The second-order valence-electron chi connectivity index (χ2n) is 4.82. The molecule has 2 amide bonds. The number of carbonyl (C=O) groups excluding carboxylic acids is 2. The number of amides is 2. The van der Waals surface area contributed by atoms with Crippen molar-refractivity contribution in [2.45, 2.75) is 18.9 Å². The first kappa shape index (κ1) is 15.2. The summed E-state index contributed by atoms with van der Waals surface area (Å²) in [6, 6.07) is 7.05. The number of hydrogen-bond donors (Lipinski definition) is 2. The fraction of sp³-hybridized carbons (Fsp3) is 0.429. The Bertz CT molecular complexity index is 501. The summed E-state index contributed by atoms with van der Waals surface area (Å²) in [5.74, 6) is -0.846. The Morgan fingerprint density at radius 2 is 2.20 bits per heavy atom. The first-order valence-corrected chi connectivity index (χ1v) is 7.56. The number of ether oxygens (including phenoxy) is 1. The molecular formula is C14H17IN2O3. The van der Waals surface area contributed by atoms with Crippen LogP contribution in [0.5, 0.6) is 0 Å². The minimum atomic E-state index is -0.681. The summed E-state index contributed by atoms with van der Waals surface area (Å²) in [5.41, 5.74) is 6.39. The van der Waals surface area contributed by atoms with Gasteiger partial charge in [0.2, 0.25) is 11.8 Å². The van der Waals surface area contributed by atoms with E-state index in [2.05, 4.69) is 27.9 Å². The summed E-state index contributed by atoms with van der Waals surface area (Å²) in [6.45, 7) is 1.01. The molecule has 20 heavy (non-hydrogen) atoms. The number of nitrogens with one attached hydrogen (secondary N) is 1. The van der Waals surface area contributed by atoms with E-state index in [1.807, 2.05) is 24.3 Å². The summed E-state index contributed by atoms with van der Waals surface area (Å²) in [6.07, 6.45) is 1.11. The van der Waals surface area contributed by atoms with E-state index in [0.717, 1.165) is 9.13 Å². The highest BCUT2D eigenvalue weighted by Crippen LogP contribution is 2.15. The van der Waals surface area contributed by atoms with E-state index in [4.69, 9.17) is 10.5 Å². The van der Waals surface area contributed by atoms with Crippen LogP contribution in [0.15, 0.2) is 24.3 Å². The van der Waals surface area contributed by atoms with Gasteiger partial charge in [-0.3, -0.25) is 9.59 Å². The van der Waals surface area contributed by atoms with E-state index >= 15 is 0 Å². The molecule has 0 saturated carbocycles. The van der Waals surface area contributed by atoms with Gasteiger partial charge < -0.3 is 15.8 Å². The predicted molar refractivity (Wildman–Crippen MR) is 82.9 cm³/mol. The van der Waals surface area contributed by atoms with Crippen molar-refractivity contribution in [3.63, 3.8) is 0 Å². The summed E-state index contributed by atoms with van der Waals surface area (Å²) >= 11 is 2.20. The average molecular weight is 388 g/mol. The second-order valence-corrected chi connectivity index (χ2v) is 5.98. The molecule has 0 radical (unpaired) electrons. The van der Waals surface area contributed by atoms with Crippen LogP contribution in [0.2, 0.25) is 0 Å². The van der Waals surface area contributed by atoms with Crippen LogP contribution in [0, 0.1) is 9.49 Å². The monoisotopic (exact) mass is 388 g/mol. The number of nitrogens with two attached hydrogens (primary N) is 1. The van der Waals surface area contributed by atoms with Gasteiger partial charge in [0.1, 0.15) is 6.04 Å². The van der Waals surface area contributed by atoms with Gasteiger partial charge in [-0.1, -0.05) is 18.2 Å². The molecule has 1 aliphatic rings. The molecule has 1 fully saturated rings. The van der Waals surface area contributed by atoms with Crippen LogP contribution in [0.25, 0.3) is 0 Å². The van der Waals surface area contributed by atoms with E-state index in [-0.39, 0.29) is 11.8 Å². The standard InChI is InChI=1S/C14H17IN2O3/c15-11-4-2-1-3-9(11)7-12(13(16)18)17-14(19)10-5-6-20-8-10/h1-4,10,12H,5-8H2,(H2,16,18)(H,17,19)/t10-,12+/m0/s1. The van der Waals surface area contributed by atoms with Crippen molar-refractivity contribution in [3.8, 4) is 0 Å². The van der Waals surface area contributed by atoms with Crippen molar-refractivity contribution < 1.29 is 14.3 Å². The van der Waals surface area contributed by atoms with Crippen molar-refractivity contribution in [1.29, 1.82) is 0 Å². The zero-order valence-corrected chi connectivity index (χ0v) is 13.1. The molecule has 1 aromatic carbocycles. The number of hydrogen-bond acceptors (Lipinski definition) is 3. The maximum Gasteiger partial charge on any atom is 0.240 e. The summed E-state index contributed by atoms with van der Waals surface area (Å²) in [4.78, 5) is 23.6. The van der Waals surface area contributed by atoms with Gasteiger partial charge in [-0.25, -0.2) is 0 Å². The highest BCUT2D eigenvalue weighted by molar-refractivity contribution is 14.1. The Morgan fingerprint density at radius 3 is 2.80 bits per heavy atom. The maximum absolute atomic E-state index is 12.0. The molecule has 1 aliphatic heterocycles. The lowest BCUT2D eigenvalue weighted by molar-refractivity contribution is -0.129. The molecular weight excluding hydrogens is 371 g/mol. The lowest BCUT2D eigenvalue weighted by atomic mass is 10.0. The molecule has 0 bridgehead atoms. The third-order valence-corrected chi connectivity index (χ3v) is 4.39. The SMILES string of the molecule is NC(=O)[C@@H](Cc1ccccc1I)NC(=O)[C@H]1CCOC1. The average Bonchev–Trinajstić information content (AvgIpc) is 2.94. The van der Waals surface area contributed by atoms with Gasteiger partial charge in [-0.05, 0) is 40.6 Å². The molecule has 0 unspecified atom stereocenters. The molecule has 2 rings (SSSR count). The topological polar surface area (TPSA) is 81.4 Å². The van der Waals surface area contributed by atoms with Gasteiger partial charge in [0.25, 0.3) is 0 Å². The van der Waals surface area contributed by atoms with E-state index < -0.39 is 11.9 Å². The van der Waals surface area contributed by atoms with Crippen molar-refractivity contribution in [3.05, 3.63) is 33.4 Å². The minimum absolute atomic E-state index is 0.155. The Hall–Kier alpha value is -1.15. The van der Waals surface area contributed by atoms with Crippen LogP contribution in [0.1, 0.15) is 12.0 Å². The summed E-state index contributed by atoms with van der Waals surface area (Å²) in [5, 5.41) is 2.74. The lowest BCUT2D eigenvalue weighted by Crippen LogP contribution is -2.48. The first-order valence-electron chi connectivity index (χ1n) is 6.48. The third kappa shape index (κ3) is 3.92. The second kappa shape index (κ2) is 7.03. The van der Waals surface area contributed by atoms with Crippen molar-refractivity contribution in [2.24, 2.45) is 11.7 Å². The van der Waals surface area contributed by atoms with E-state index in [1.165, 1.54) is 0 Å². The van der Waals surface area contributed by atoms with Crippen LogP contribution in [0.3, 0.4) is 0 Å². The summed E-state index contributed by atoms with van der Waals surface area (Å²) in [7, 11) is 0. The maximum atomic E-state index is 12.0.